The standard InChI is InChI=1S/C29H27ClFN7/c1-36-10-12-38(13-11-36)28-8-7-26(34-35-28)20-14-19(17-32-18-20)23-16-27(24-15-21(30)5-6-25(24)31)33-29-22(23)4-3-9-37(29)2/h3-9,14-18,29H,10-13H2,1-2H3. The molecule has 0 N–H and O–H groups in total. The van der Waals surface area contributed by atoms with Crippen LogP contribution in [0.1, 0.15) is 11.1 Å². The first-order valence-electron chi connectivity index (χ1n) is 12.5. The van der Waals surface area contributed by atoms with Crippen molar-refractivity contribution >= 4 is 28.7 Å². The fourth-order valence-electron chi connectivity index (χ4n) is 4.95. The van der Waals surface area contributed by atoms with Crippen molar-refractivity contribution in [2.24, 2.45) is 4.99 Å². The van der Waals surface area contributed by atoms with Crippen molar-refractivity contribution in [3.8, 4) is 11.3 Å². The smallest absolute Gasteiger partial charge is 0.151 e. The fourth-order valence-corrected chi connectivity index (χ4v) is 5.12. The van der Waals surface area contributed by atoms with Crippen molar-refractivity contribution in [1.82, 2.24) is 25.0 Å². The predicted molar refractivity (Wildman–Crippen MR) is 150 cm³/mol. The van der Waals surface area contributed by atoms with Crippen LogP contribution >= 0.6 is 11.6 Å². The molecule has 9 heteroatoms. The Kier molecular flexibility index (Phi) is 6.51. The van der Waals surface area contributed by atoms with Crippen LogP contribution in [0.2, 0.25) is 5.02 Å². The number of likely N-dealkylation sites (N-methyl/N-ethyl adjacent to an activating group) is 2. The molecule has 1 aromatic carbocycles. The highest BCUT2D eigenvalue weighted by Crippen LogP contribution is 2.36. The molecular formula is C29H27ClFN7. The molecule has 0 amide bonds. The maximum atomic E-state index is 14.8. The molecule has 38 heavy (non-hydrogen) atoms. The number of allylic oxidation sites excluding steroid dienone is 3. The van der Waals surface area contributed by atoms with E-state index in [-0.39, 0.29) is 12.0 Å². The van der Waals surface area contributed by atoms with Crippen LogP contribution in [0, 0.1) is 5.82 Å². The molecule has 0 spiro atoms. The number of fused-ring (bicyclic) bond motifs is 1. The van der Waals surface area contributed by atoms with Gasteiger partial charge in [-0.15, -0.1) is 10.2 Å². The molecule has 3 aliphatic heterocycles. The van der Waals surface area contributed by atoms with E-state index in [1.165, 1.54) is 6.07 Å². The highest BCUT2D eigenvalue weighted by atomic mass is 35.5. The molecule has 3 aliphatic rings. The Morgan fingerprint density at radius 1 is 0.947 bits per heavy atom. The van der Waals surface area contributed by atoms with E-state index in [0.29, 0.717) is 16.3 Å². The molecule has 192 valence electrons. The first-order valence-corrected chi connectivity index (χ1v) is 12.9. The number of anilines is 1. The third-order valence-corrected chi connectivity index (χ3v) is 7.38. The molecule has 7 nitrogen and oxygen atoms in total. The lowest BCUT2D eigenvalue weighted by molar-refractivity contribution is 0.312. The van der Waals surface area contributed by atoms with Gasteiger partial charge in [0.25, 0.3) is 0 Å². The monoisotopic (exact) mass is 527 g/mol. The maximum Gasteiger partial charge on any atom is 0.151 e. The zero-order chi connectivity index (χ0) is 26.2. The Bertz CT molecular complexity index is 1490. The average molecular weight is 528 g/mol. The fraction of sp³-hybridized carbons (Fsp3) is 0.241. The molecule has 0 bridgehead atoms. The first kappa shape index (κ1) is 24.5. The number of piperazine rings is 1. The summed E-state index contributed by atoms with van der Waals surface area (Å²) in [5, 5.41) is 9.48. The van der Waals surface area contributed by atoms with Gasteiger partial charge in [0.15, 0.2) is 5.82 Å². The van der Waals surface area contributed by atoms with Crippen LogP contribution in [0.25, 0.3) is 16.8 Å². The number of halogens is 2. The van der Waals surface area contributed by atoms with E-state index in [9.17, 15) is 4.39 Å². The van der Waals surface area contributed by atoms with Crippen LogP contribution in [-0.2, 0) is 0 Å². The number of hydrogen-bond acceptors (Lipinski definition) is 7. The highest BCUT2D eigenvalue weighted by molar-refractivity contribution is 6.31. The summed E-state index contributed by atoms with van der Waals surface area (Å²) in [6.45, 7) is 3.89. The van der Waals surface area contributed by atoms with Gasteiger partial charge in [-0.25, -0.2) is 4.39 Å². The molecule has 5 heterocycles. The Morgan fingerprint density at radius 2 is 1.76 bits per heavy atom. The van der Waals surface area contributed by atoms with Gasteiger partial charge in [-0.1, -0.05) is 17.7 Å². The van der Waals surface area contributed by atoms with E-state index >= 15 is 0 Å². The summed E-state index contributed by atoms with van der Waals surface area (Å²) < 4.78 is 14.8. The lowest BCUT2D eigenvalue weighted by Crippen LogP contribution is -2.44. The lowest BCUT2D eigenvalue weighted by atomic mass is 9.89. The summed E-state index contributed by atoms with van der Waals surface area (Å²) in [6, 6.07) is 10.6. The van der Waals surface area contributed by atoms with Crippen LogP contribution in [0.5, 0.6) is 0 Å². The molecule has 0 aliphatic carbocycles. The van der Waals surface area contributed by atoms with Gasteiger partial charge in [-0.3, -0.25) is 9.98 Å². The van der Waals surface area contributed by atoms with Gasteiger partial charge in [-0.05, 0) is 61.2 Å². The van der Waals surface area contributed by atoms with Crippen LogP contribution < -0.4 is 4.90 Å². The van der Waals surface area contributed by atoms with Gasteiger partial charge in [0, 0.05) is 79.1 Å². The largest absolute Gasteiger partial charge is 0.355 e. The number of nitrogens with zero attached hydrogens (tertiary/aromatic N) is 7. The second-order valence-corrected chi connectivity index (χ2v) is 10.2. The van der Waals surface area contributed by atoms with E-state index < -0.39 is 0 Å². The van der Waals surface area contributed by atoms with Crippen molar-refractivity contribution in [2.45, 2.75) is 6.17 Å². The van der Waals surface area contributed by atoms with E-state index in [1.54, 1.807) is 18.3 Å². The number of rotatable bonds is 4. The zero-order valence-corrected chi connectivity index (χ0v) is 22.0. The normalized spacial score (nSPS) is 19.6. The number of aromatic nitrogens is 3. The maximum absolute atomic E-state index is 14.8. The quantitative estimate of drug-likeness (QED) is 0.491. The molecule has 0 saturated carbocycles. The molecular weight excluding hydrogens is 501 g/mol. The van der Waals surface area contributed by atoms with E-state index in [2.05, 4.69) is 32.0 Å². The van der Waals surface area contributed by atoms with E-state index in [4.69, 9.17) is 16.6 Å². The zero-order valence-electron chi connectivity index (χ0n) is 21.2. The number of aliphatic imine (C=N–C) groups is 1. The summed E-state index contributed by atoms with van der Waals surface area (Å²) in [5.41, 5.74) is 5.33. The summed E-state index contributed by atoms with van der Waals surface area (Å²) in [5.74, 6) is 0.517. The third-order valence-electron chi connectivity index (χ3n) is 7.14. The number of pyridine rings is 1. The highest BCUT2D eigenvalue weighted by Gasteiger charge is 2.29. The Morgan fingerprint density at radius 3 is 2.55 bits per heavy atom. The second kappa shape index (κ2) is 10.1. The minimum absolute atomic E-state index is 0.292. The van der Waals surface area contributed by atoms with Crippen molar-refractivity contribution in [3.05, 3.63) is 101 Å². The van der Waals surface area contributed by atoms with Crippen molar-refractivity contribution in [3.63, 3.8) is 0 Å². The van der Waals surface area contributed by atoms with Gasteiger partial charge < -0.3 is 14.7 Å². The van der Waals surface area contributed by atoms with Gasteiger partial charge in [0.1, 0.15) is 12.0 Å². The first-order chi connectivity index (χ1) is 18.5. The molecule has 1 atom stereocenters. The average Bonchev–Trinajstić information content (AvgIpc) is 2.95. The number of dihydropyridines is 1. The van der Waals surface area contributed by atoms with Crippen molar-refractivity contribution in [2.75, 3.05) is 45.2 Å². The topological polar surface area (TPSA) is 60.8 Å². The van der Waals surface area contributed by atoms with Gasteiger partial charge in [-0.2, -0.15) is 0 Å². The predicted octanol–water partition coefficient (Wildman–Crippen LogP) is 4.68. The molecule has 1 fully saturated rings. The third kappa shape index (κ3) is 4.73. The Hall–Kier alpha value is -3.88. The summed E-state index contributed by atoms with van der Waals surface area (Å²) in [4.78, 5) is 16.0. The van der Waals surface area contributed by atoms with Gasteiger partial charge >= 0.3 is 0 Å². The van der Waals surface area contributed by atoms with Gasteiger partial charge in [0.05, 0.1) is 11.4 Å². The van der Waals surface area contributed by atoms with Crippen molar-refractivity contribution < 1.29 is 4.39 Å². The SMILES string of the molecule is CN1CCN(c2ccc(-c3cncc(C4=CC(c5cc(Cl)ccc5F)=NC5C4=CC=CN5C)c3)nn2)CC1. The van der Waals surface area contributed by atoms with Crippen LogP contribution in [0.15, 0.2) is 83.8 Å². The molecule has 3 aromatic rings. The molecule has 0 radical (unpaired) electrons. The molecule has 6 rings (SSSR count). The molecule has 1 saturated heterocycles. The minimum atomic E-state index is -0.368. The minimum Gasteiger partial charge on any atom is -0.355 e. The lowest BCUT2D eigenvalue weighted by Gasteiger charge is -2.33. The van der Waals surface area contributed by atoms with Crippen LogP contribution in [-0.4, -0.2) is 77.1 Å². The molecule has 2 aromatic heterocycles. The number of benzene rings is 1. The molecule has 1 unspecified atom stereocenters. The summed E-state index contributed by atoms with van der Waals surface area (Å²) in [7, 11) is 4.09. The number of hydrogen-bond donors (Lipinski definition) is 0. The van der Waals surface area contributed by atoms with Crippen LogP contribution in [0.4, 0.5) is 10.2 Å². The summed E-state index contributed by atoms with van der Waals surface area (Å²) >= 11 is 6.21. The Balaban J connectivity index is 1.36. The van der Waals surface area contributed by atoms with Gasteiger partial charge in [0.2, 0.25) is 0 Å². The summed E-state index contributed by atoms with van der Waals surface area (Å²) in [6.07, 6.45) is 11.2. The van der Waals surface area contributed by atoms with E-state index in [0.717, 1.165) is 60.0 Å². The van der Waals surface area contributed by atoms with Crippen molar-refractivity contribution in [1.29, 1.82) is 0 Å². The second-order valence-electron chi connectivity index (χ2n) is 9.73. The van der Waals surface area contributed by atoms with Crippen LogP contribution in [0.3, 0.4) is 0 Å². The van der Waals surface area contributed by atoms with E-state index in [1.807, 2.05) is 60.8 Å². The Labute approximate surface area is 226 Å².